The molecule has 0 spiro atoms. The molecule has 13 N–H and O–H groups in total. The van der Waals surface area contributed by atoms with E-state index in [1.54, 1.807) is 5.57 Å². The Hall–Kier alpha value is -1.59. The van der Waals surface area contributed by atoms with Gasteiger partial charge in [0.15, 0.2) is 31.3 Å². The van der Waals surface area contributed by atoms with Crippen LogP contribution in [0, 0.1) is 56.2 Å². The lowest BCUT2D eigenvalue weighted by molar-refractivity contribution is -0.410. The smallest absolute Gasteiger partial charge is 0.335 e. The van der Waals surface area contributed by atoms with E-state index in [1.807, 2.05) is 6.92 Å². The Balaban J connectivity index is 1.03. The minimum Gasteiger partial charge on any atom is -0.479 e. The standard InChI is InChI=1S/C55H90O22/c1-23-18-50(3,4)19-26-25-10-11-30-52(6)14-13-31(53(7,22-58)29(52)12-15-55(30,9)54(25,8)17-16-51(23,26)5)73-48-43(38(65)37(64)42(75-48)45(68)69)76-49-44(77-46-39(66)35(62)32(59)24(2)70-46)41(34(61)28(21-57)72-49)74-47-40(67)36(63)33(60)27(20-56)71-47/h10,23-24,26-44,46-49,56-67H,11-22H2,1-9H3,(H,68,69). The molecule has 0 radical (unpaired) electrons. The minimum absolute atomic E-state index is 0.0410. The van der Waals surface area contributed by atoms with Crippen LogP contribution in [0.5, 0.6) is 0 Å². The summed E-state index contributed by atoms with van der Waals surface area (Å²) in [5, 5.41) is 142. The highest BCUT2D eigenvalue weighted by atomic mass is 16.8. The lowest BCUT2D eigenvalue weighted by atomic mass is 9.33. The van der Waals surface area contributed by atoms with Crippen molar-refractivity contribution in [2.45, 2.75) is 249 Å². The molecule has 0 amide bonds. The highest BCUT2D eigenvalue weighted by molar-refractivity contribution is 5.73. The largest absolute Gasteiger partial charge is 0.479 e. The molecule has 4 heterocycles. The van der Waals surface area contributed by atoms with E-state index in [1.165, 1.54) is 13.3 Å². The van der Waals surface area contributed by atoms with Gasteiger partial charge in [-0.25, -0.2) is 4.79 Å². The van der Waals surface area contributed by atoms with Crippen molar-refractivity contribution in [3.05, 3.63) is 11.6 Å². The number of fused-ring (bicyclic) bond motifs is 7. The van der Waals surface area contributed by atoms with Crippen molar-refractivity contribution in [3.63, 3.8) is 0 Å². The van der Waals surface area contributed by atoms with E-state index in [0.29, 0.717) is 24.7 Å². The van der Waals surface area contributed by atoms with Gasteiger partial charge in [-0.15, -0.1) is 0 Å². The molecule has 0 aromatic carbocycles. The first-order chi connectivity index (χ1) is 36.0. The summed E-state index contributed by atoms with van der Waals surface area (Å²) in [6.45, 7) is 18.3. The number of carbonyl (C=O) groups is 1. The van der Waals surface area contributed by atoms with Crippen molar-refractivity contribution in [3.8, 4) is 0 Å². The third-order valence-electron chi connectivity index (χ3n) is 22.1. The maximum atomic E-state index is 12.7. The summed E-state index contributed by atoms with van der Waals surface area (Å²) < 4.78 is 49.0. The van der Waals surface area contributed by atoms with Crippen LogP contribution in [0.25, 0.3) is 0 Å². The van der Waals surface area contributed by atoms with E-state index in [9.17, 15) is 71.2 Å². The number of carboxylic acid groups (broad SMARTS) is 1. The molecule has 30 atom stereocenters. The maximum absolute atomic E-state index is 12.7. The lowest BCUT2D eigenvalue weighted by Gasteiger charge is -2.72. The molecule has 77 heavy (non-hydrogen) atoms. The molecule has 4 saturated heterocycles. The highest BCUT2D eigenvalue weighted by Gasteiger charge is 2.70. The first-order valence-electron chi connectivity index (χ1n) is 28.1. The molecule has 442 valence electrons. The third kappa shape index (κ3) is 9.71. The minimum atomic E-state index is -2.16. The Kier molecular flexibility index (Phi) is 16.8. The van der Waals surface area contributed by atoms with Crippen LogP contribution in [0.4, 0.5) is 0 Å². The molecule has 8 fully saturated rings. The maximum Gasteiger partial charge on any atom is 0.335 e. The zero-order valence-electron chi connectivity index (χ0n) is 46.0. The van der Waals surface area contributed by atoms with Gasteiger partial charge >= 0.3 is 5.97 Å². The number of rotatable bonds is 12. The fourth-order valence-corrected chi connectivity index (χ4v) is 17.1. The van der Waals surface area contributed by atoms with Crippen LogP contribution in [0.1, 0.15) is 120 Å². The van der Waals surface area contributed by atoms with Gasteiger partial charge in [0.1, 0.15) is 85.5 Å². The fourth-order valence-electron chi connectivity index (χ4n) is 17.1. The zero-order valence-corrected chi connectivity index (χ0v) is 46.0. The molecule has 9 aliphatic rings. The number of aliphatic hydroxyl groups is 12. The first kappa shape index (κ1) is 60.0. The van der Waals surface area contributed by atoms with Crippen molar-refractivity contribution >= 4 is 5.97 Å². The van der Waals surface area contributed by atoms with Gasteiger partial charge in [0.05, 0.1) is 32.0 Å². The average molecular weight is 1100 g/mol. The van der Waals surface area contributed by atoms with Gasteiger partial charge in [-0.05, 0) is 115 Å². The van der Waals surface area contributed by atoms with Crippen LogP contribution in [-0.2, 0) is 42.7 Å². The number of hydrogen-bond donors (Lipinski definition) is 13. The Morgan fingerprint density at radius 1 is 0.571 bits per heavy atom. The predicted molar refractivity (Wildman–Crippen MR) is 266 cm³/mol. The molecule has 9 rings (SSSR count). The van der Waals surface area contributed by atoms with E-state index < -0.39 is 154 Å². The van der Waals surface area contributed by atoms with Gasteiger partial charge in [0.25, 0.3) is 0 Å². The number of allylic oxidation sites excluding steroid dienone is 2. The van der Waals surface area contributed by atoms with Crippen molar-refractivity contribution in [1.82, 2.24) is 0 Å². The zero-order chi connectivity index (χ0) is 56.4. The van der Waals surface area contributed by atoms with Gasteiger partial charge in [-0.2, -0.15) is 0 Å². The number of ether oxygens (including phenoxy) is 8. The monoisotopic (exact) mass is 1100 g/mol. The second kappa shape index (κ2) is 21.6. The van der Waals surface area contributed by atoms with Crippen molar-refractivity contribution in [1.29, 1.82) is 0 Å². The summed E-state index contributed by atoms with van der Waals surface area (Å²) >= 11 is 0. The summed E-state index contributed by atoms with van der Waals surface area (Å²) in [5.74, 6) is -0.426. The molecule has 0 aromatic rings. The summed E-state index contributed by atoms with van der Waals surface area (Å²) in [5.41, 5.74) is 0.704. The Morgan fingerprint density at radius 3 is 1.79 bits per heavy atom. The van der Waals surface area contributed by atoms with E-state index in [2.05, 4.69) is 54.5 Å². The Morgan fingerprint density at radius 2 is 1.16 bits per heavy atom. The van der Waals surface area contributed by atoms with Crippen molar-refractivity contribution < 1.29 is 109 Å². The molecule has 30 unspecified atom stereocenters. The SMILES string of the molecule is CC1OC(OC2C(OC3C(OC4CCC5(C)C(CCC6(C)C5CC=C5C7CC(C)(C)CC(C)C7(C)CCC56C)C4(C)CO)OC(C(=O)O)C(O)C3O)OC(CO)C(O)C2OC2OC(CO)C(O)C(O)C2O)C(O)C(O)C1O. The van der Waals surface area contributed by atoms with Gasteiger partial charge < -0.3 is 104 Å². The molecular weight excluding hydrogens is 1010 g/mol. The van der Waals surface area contributed by atoms with E-state index in [4.69, 9.17) is 37.9 Å². The summed E-state index contributed by atoms with van der Waals surface area (Å²) in [4.78, 5) is 12.7. The van der Waals surface area contributed by atoms with Crippen LogP contribution in [0.15, 0.2) is 11.6 Å². The Labute approximate surface area is 450 Å². The number of carboxylic acids is 1. The van der Waals surface area contributed by atoms with E-state index >= 15 is 0 Å². The molecule has 22 nitrogen and oxygen atoms in total. The van der Waals surface area contributed by atoms with Crippen LogP contribution in [-0.4, -0.2) is 221 Å². The lowest BCUT2D eigenvalue weighted by Crippen LogP contribution is -2.69. The van der Waals surface area contributed by atoms with Crippen molar-refractivity contribution in [2.24, 2.45) is 56.2 Å². The van der Waals surface area contributed by atoms with Crippen LogP contribution in [0.3, 0.4) is 0 Å². The average Bonchev–Trinajstić information content (AvgIpc) is 3.37. The molecule has 22 heteroatoms. The van der Waals surface area contributed by atoms with Crippen LogP contribution >= 0.6 is 0 Å². The van der Waals surface area contributed by atoms with Gasteiger partial charge in [0, 0.05) is 5.41 Å². The molecule has 4 aliphatic heterocycles. The predicted octanol–water partition coefficient (Wildman–Crippen LogP) is -0.196. The fraction of sp³-hybridized carbons (Fsp3) is 0.945. The second-order valence-corrected chi connectivity index (χ2v) is 26.8. The number of hydrogen-bond acceptors (Lipinski definition) is 21. The third-order valence-corrected chi connectivity index (χ3v) is 22.1. The number of aliphatic carboxylic acids is 1. The van der Waals surface area contributed by atoms with Gasteiger partial charge in [-0.1, -0.05) is 67.0 Å². The van der Waals surface area contributed by atoms with Crippen LogP contribution < -0.4 is 0 Å². The molecule has 0 bridgehead atoms. The normalized spacial score (nSPS) is 55.7. The van der Waals surface area contributed by atoms with Gasteiger partial charge in [0.2, 0.25) is 0 Å². The molecular formula is C55H90O22. The molecule has 0 aromatic heterocycles. The van der Waals surface area contributed by atoms with Gasteiger partial charge in [-0.3, -0.25) is 0 Å². The molecule has 5 aliphatic carbocycles. The quantitative estimate of drug-likeness (QED) is 0.0889. The highest BCUT2D eigenvalue weighted by Crippen LogP contribution is 2.76. The van der Waals surface area contributed by atoms with Crippen LogP contribution in [0.2, 0.25) is 0 Å². The first-order valence-corrected chi connectivity index (χ1v) is 28.1. The second-order valence-electron chi connectivity index (χ2n) is 26.8. The summed E-state index contributed by atoms with van der Waals surface area (Å²) in [6, 6.07) is 0. The molecule has 4 saturated carbocycles. The number of aliphatic hydroxyl groups excluding tert-OH is 12. The topological polar surface area (TPSA) is 354 Å². The van der Waals surface area contributed by atoms with E-state index in [0.717, 1.165) is 38.5 Å². The Bertz CT molecular complexity index is 2130. The van der Waals surface area contributed by atoms with Crippen molar-refractivity contribution in [2.75, 3.05) is 19.8 Å². The summed E-state index contributed by atoms with van der Waals surface area (Å²) in [6.07, 6.45) is -27.5. The van der Waals surface area contributed by atoms with E-state index in [-0.39, 0.29) is 45.5 Å². The summed E-state index contributed by atoms with van der Waals surface area (Å²) in [7, 11) is 0.